The molecule has 0 saturated heterocycles. The lowest BCUT2D eigenvalue weighted by Gasteiger charge is -2.41. The molecule has 5 aromatic rings. The van der Waals surface area contributed by atoms with Crippen LogP contribution in [0.1, 0.15) is 49.9 Å². The fourth-order valence-electron chi connectivity index (χ4n) is 6.37. The lowest BCUT2D eigenvalue weighted by atomic mass is 9.74. The molecule has 0 N–H and O–H groups in total. The van der Waals surface area contributed by atoms with Crippen molar-refractivity contribution in [3.63, 3.8) is 0 Å². The first kappa shape index (κ1) is 22.0. The predicted molar refractivity (Wildman–Crippen MR) is 152 cm³/mol. The summed E-state index contributed by atoms with van der Waals surface area (Å²) in [5.74, 6) is 1.62. The summed E-state index contributed by atoms with van der Waals surface area (Å²) in [5, 5.41) is 0. The number of hydrogen-bond donors (Lipinski definition) is 0. The van der Waals surface area contributed by atoms with E-state index < -0.39 is 0 Å². The summed E-state index contributed by atoms with van der Waals surface area (Å²) in [7, 11) is 0. The van der Waals surface area contributed by atoms with Gasteiger partial charge >= 0.3 is 0 Å². The van der Waals surface area contributed by atoms with Crippen LogP contribution in [-0.2, 0) is 10.8 Å². The van der Waals surface area contributed by atoms with Crippen molar-refractivity contribution >= 4 is 34.5 Å². The maximum absolute atomic E-state index is 6.78. The summed E-state index contributed by atoms with van der Waals surface area (Å²) in [6.07, 6.45) is 0. The summed E-state index contributed by atoms with van der Waals surface area (Å²) in [5.41, 5.74) is 9.61. The Balaban J connectivity index is 1.42. The highest BCUT2D eigenvalue weighted by Gasteiger charge is 2.39. The minimum atomic E-state index is -0.102. The Hall–Kier alpha value is -4.24. The van der Waals surface area contributed by atoms with Crippen LogP contribution in [0, 0.1) is 0 Å². The molecule has 0 bridgehead atoms. The van der Waals surface area contributed by atoms with E-state index in [9.17, 15) is 0 Å². The molecule has 0 fully saturated rings. The van der Waals surface area contributed by atoms with Gasteiger partial charge in [0.15, 0.2) is 0 Å². The molecule has 0 aliphatic carbocycles. The summed E-state index contributed by atoms with van der Waals surface area (Å²) >= 11 is 0. The number of furan rings is 1. The van der Waals surface area contributed by atoms with Gasteiger partial charge in [-0.1, -0.05) is 100 Å². The molecule has 0 spiro atoms. The molecule has 1 aromatic heterocycles. The van der Waals surface area contributed by atoms with E-state index in [4.69, 9.17) is 4.42 Å². The minimum absolute atomic E-state index is 0.102. The zero-order valence-electron chi connectivity index (χ0n) is 21.7. The molecule has 0 saturated carbocycles. The van der Waals surface area contributed by atoms with E-state index in [1.54, 1.807) is 0 Å². The van der Waals surface area contributed by atoms with E-state index in [1.165, 1.54) is 22.3 Å². The summed E-state index contributed by atoms with van der Waals surface area (Å²) < 4.78 is 6.78. The van der Waals surface area contributed by atoms with Crippen LogP contribution in [0.2, 0.25) is 0 Å². The normalized spacial score (nSPS) is 16.4. The minimum Gasteiger partial charge on any atom is -0.424 e. The lowest BCUT2D eigenvalue weighted by molar-refractivity contribution is 0.564. The van der Waals surface area contributed by atoms with Gasteiger partial charge in [0.1, 0.15) is 0 Å². The molecule has 4 aromatic carbocycles. The Bertz CT molecular complexity index is 1440. The van der Waals surface area contributed by atoms with Gasteiger partial charge in [-0.25, -0.2) is 0 Å². The number of fused-ring (bicyclic) bond motifs is 4. The maximum atomic E-state index is 6.78. The Morgan fingerprint density at radius 3 is 0.973 bits per heavy atom. The van der Waals surface area contributed by atoms with Crippen molar-refractivity contribution in [1.82, 2.24) is 0 Å². The van der Waals surface area contributed by atoms with Crippen molar-refractivity contribution in [2.24, 2.45) is 0 Å². The van der Waals surface area contributed by atoms with E-state index in [-0.39, 0.29) is 10.8 Å². The van der Waals surface area contributed by atoms with Crippen molar-refractivity contribution in [2.75, 3.05) is 9.80 Å². The van der Waals surface area contributed by atoms with E-state index in [1.807, 2.05) is 0 Å². The lowest BCUT2D eigenvalue weighted by Crippen LogP contribution is -2.30. The standard InChI is InChI=1S/C34H30N2O/c1-33(2)23-13-5-9-17-27(23)35(28-18-10-6-14-24(28)33)31-21-22-32(37-31)36-29-19-11-7-15-25(29)34(3,4)26-16-8-12-20-30(26)36/h5-22H,1-4H3. The molecule has 37 heavy (non-hydrogen) atoms. The maximum Gasteiger partial charge on any atom is 0.207 e. The van der Waals surface area contributed by atoms with Gasteiger partial charge in [0, 0.05) is 23.0 Å². The first-order valence-electron chi connectivity index (χ1n) is 13.0. The van der Waals surface area contributed by atoms with Crippen LogP contribution in [0.4, 0.5) is 34.5 Å². The van der Waals surface area contributed by atoms with E-state index in [0.717, 1.165) is 34.5 Å². The first-order chi connectivity index (χ1) is 17.9. The second-order valence-electron chi connectivity index (χ2n) is 11.1. The van der Waals surface area contributed by atoms with Crippen molar-refractivity contribution < 1.29 is 4.42 Å². The summed E-state index contributed by atoms with van der Waals surface area (Å²) in [6.45, 7) is 9.22. The largest absolute Gasteiger partial charge is 0.424 e. The quantitative estimate of drug-likeness (QED) is 0.250. The van der Waals surface area contributed by atoms with Crippen LogP contribution in [-0.4, -0.2) is 0 Å². The molecule has 3 heteroatoms. The highest BCUT2D eigenvalue weighted by molar-refractivity contribution is 5.87. The van der Waals surface area contributed by atoms with E-state index in [0.29, 0.717) is 0 Å². The topological polar surface area (TPSA) is 19.6 Å². The van der Waals surface area contributed by atoms with Gasteiger partial charge in [-0.3, -0.25) is 9.80 Å². The molecule has 0 unspecified atom stereocenters. The van der Waals surface area contributed by atoms with Crippen molar-refractivity contribution in [3.05, 3.63) is 131 Å². The number of rotatable bonds is 2. The average Bonchev–Trinajstić information content (AvgIpc) is 3.38. The second-order valence-corrected chi connectivity index (χ2v) is 11.1. The Morgan fingerprint density at radius 2 is 0.676 bits per heavy atom. The zero-order chi connectivity index (χ0) is 25.4. The molecule has 0 amide bonds. The Morgan fingerprint density at radius 1 is 0.405 bits per heavy atom. The SMILES string of the molecule is CC1(C)c2ccccc2N(c2ccc(N3c4ccccc4C(C)(C)c4ccccc43)o2)c2ccccc21. The molecule has 0 radical (unpaired) electrons. The highest BCUT2D eigenvalue weighted by Crippen LogP contribution is 2.55. The second kappa shape index (κ2) is 7.63. The molecule has 3 nitrogen and oxygen atoms in total. The van der Waals surface area contributed by atoms with Gasteiger partial charge in [0.05, 0.1) is 22.7 Å². The monoisotopic (exact) mass is 482 g/mol. The molecule has 2 aliphatic heterocycles. The Kier molecular flexibility index (Phi) is 4.54. The molecule has 3 heterocycles. The fourth-order valence-corrected chi connectivity index (χ4v) is 6.37. The zero-order valence-corrected chi connectivity index (χ0v) is 21.7. The summed E-state index contributed by atoms with van der Waals surface area (Å²) in [4.78, 5) is 4.54. The predicted octanol–water partition coefficient (Wildman–Crippen LogP) is 9.50. The van der Waals surface area contributed by atoms with Crippen molar-refractivity contribution in [2.45, 2.75) is 38.5 Å². The van der Waals surface area contributed by atoms with Crippen molar-refractivity contribution in [1.29, 1.82) is 0 Å². The third kappa shape index (κ3) is 3.00. The third-order valence-electron chi connectivity index (χ3n) is 8.29. The van der Waals surface area contributed by atoms with Crippen LogP contribution in [0.3, 0.4) is 0 Å². The van der Waals surface area contributed by atoms with Gasteiger partial charge < -0.3 is 4.42 Å². The Labute approximate surface area is 218 Å². The van der Waals surface area contributed by atoms with Gasteiger partial charge in [-0.2, -0.15) is 0 Å². The molecular formula is C34H30N2O. The summed E-state index contributed by atoms with van der Waals surface area (Å²) in [6, 6.07) is 38.9. The van der Waals surface area contributed by atoms with E-state index >= 15 is 0 Å². The average molecular weight is 483 g/mol. The van der Waals surface area contributed by atoms with Crippen LogP contribution >= 0.6 is 0 Å². The molecule has 182 valence electrons. The first-order valence-corrected chi connectivity index (χ1v) is 13.0. The van der Waals surface area contributed by atoms with Crippen LogP contribution in [0.5, 0.6) is 0 Å². The highest BCUT2D eigenvalue weighted by atomic mass is 16.4. The number of para-hydroxylation sites is 4. The molecule has 0 atom stereocenters. The molecular weight excluding hydrogens is 452 g/mol. The number of hydrogen-bond acceptors (Lipinski definition) is 3. The number of benzene rings is 4. The number of nitrogens with zero attached hydrogens (tertiary/aromatic N) is 2. The van der Waals surface area contributed by atoms with Crippen LogP contribution in [0.25, 0.3) is 0 Å². The van der Waals surface area contributed by atoms with Crippen LogP contribution in [0.15, 0.2) is 114 Å². The van der Waals surface area contributed by atoms with Gasteiger partial charge in [0.2, 0.25) is 11.8 Å². The fraction of sp³-hybridized carbons (Fsp3) is 0.176. The van der Waals surface area contributed by atoms with Crippen molar-refractivity contribution in [3.8, 4) is 0 Å². The van der Waals surface area contributed by atoms with Crippen LogP contribution < -0.4 is 9.80 Å². The number of anilines is 6. The van der Waals surface area contributed by atoms with E-state index in [2.05, 4.69) is 147 Å². The molecule has 7 rings (SSSR count). The van der Waals surface area contributed by atoms with Gasteiger partial charge in [-0.05, 0) is 46.5 Å². The molecule has 2 aliphatic rings. The van der Waals surface area contributed by atoms with Gasteiger partial charge in [0.25, 0.3) is 0 Å². The smallest absolute Gasteiger partial charge is 0.207 e. The van der Waals surface area contributed by atoms with Gasteiger partial charge in [-0.15, -0.1) is 0 Å². The third-order valence-corrected chi connectivity index (χ3v) is 8.29.